The molecule has 1 fully saturated rings. The van der Waals surface area contributed by atoms with Crippen LogP contribution < -0.4 is 15.4 Å². The Morgan fingerprint density at radius 2 is 1.63 bits per heavy atom. The van der Waals surface area contributed by atoms with Gasteiger partial charge in [-0.25, -0.2) is 0 Å². The van der Waals surface area contributed by atoms with Crippen molar-refractivity contribution >= 4 is 48.8 Å². The number of hydrogen-bond donors (Lipinski definition) is 1. The zero-order chi connectivity index (χ0) is 19.9. The largest absolute Gasteiger partial charge is 0.490 e. The Labute approximate surface area is 200 Å². The molecule has 0 spiro atoms. The zero-order valence-corrected chi connectivity index (χ0v) is 21.1. The number of benzene rings is 1. The van der Waals surface area contributed by atoms with Crippen LogP contribution in [-0.4, -0.2) is 75.7 Å². The molecular weight excluding hydrogens is 447 g/mol. The molecule has 2 N–H and O–H groups in total. The van der Waals surface area contributed by atoms with Gasteiger partial charge in [0, 0.05) is 39.3 Å². The Balaban J connectivity index is 0. The molecule has 1 aliphatic rings. The molecule has 1 amide bonds. The van der Waals surface area contributed by atoms with E-state index < -0.39 is 5.41 Å². The number of ether oxygens (including phenoxy) is 1. The van der Waals surface area contributed by atoms with Crippen molar-refractivity contribution in [3.05, 3.63) is 24.3 Å². The maximum atomic E-state index is 13.0. The molecule has 1 aromatic rings. The van der Waals surface area contributed by atoms with Gasteiger partial charge in [-0.3, -0.25) is 4.79 Å². The highest BCUT2D eigenvalue weighted by atomic mass is 35.5. The monoisotopic (exact) mass is 484 g/mol. The van der Waals surface area contributed by atoms with Gasteiger partial charge in [0.1, 0.15) is 12.4 Å². The molecule has 0 atom stereocenters. The van der Waals surface area contributed by atoms with Gasteiger partial charge in [0.05, 0.1) is 11.1 Å². The van der Waals surface area contributed by atoms with E-state index in [1.807, 2.05) is 37.2 Å². The highest BCUT2D eigenvalue weighted by Gasteiger charge is 2.38. The van der Waals surface area contributed by atoms with Crippen molar-refractivity contribution in [1.82, 2.24) is 9.80 Å². The van der Waals surface area contributed by atoms with Crippen molar-refractivity contribution in [3.8, 4) is 5.75 Å². The molecule has 0 aliphatic carbocycles. The van der Waals surface area contributed by atoms with Gasteiger partial charge in [0.15, 0.2) is 0 Å². The second-order valence-corrected chi connectivity index (χ2v) is 7.59. The number of amides is 1. The zero-order valence-electron chi connectivity index (χ0n) is 18.6. The average Bonchev–Trinajstić information content (AvgIpc) is 2.70. The Bertz CT molecular complexity index is 599. The molecule has 1 saturated heterocycles. The minimum absolute atomic E-state index is 0. The number of nitrogens with zero attached hydrogens (tertiary/aromatic N) is 3. The fourth-order valence-electron chi connectivity index (χ4n) is 3.59. The van der Waals surface area contributed by atoms with Crippen LogP contribution in [0.5, 0.6) is 5.75 Å². The van der Waals surface area contributed by atoms with E-state index >= 15 is 0 Å². The third-order valence-corrected chi connectivity index (χ3v) is 5.77. The molecule has 0 bridgehead atoms. The van der Waals surface area contributed by atoms with Crippen LogP contribution in [0.4, 0.5) is 5.69 Å². The quantitative estimate of drug-likeness (QED) is 0.581. The number of likely N-dealkylation sites (N-methyl/N-ethyl adjacent to an activating group) is 1. The van der Waals surface area contributed by atoms with Gasteiger partial charge < -0.3 is 25.2 Å². The minimum Gasteiger partial charge on any atom is -0.490 e. The molecule has 9 heteroatoms. The lowest BCUT2D eigenvalue weighted by molar-refractivity contribution is -0.142. The number of piperazine rings is 1. The molecule has 2 rings (SSSR count). The van der Waals surface area contributed by atoms with E-state index in [9.17, 15) is 4.79 Å². The summed E-state index contributed by atoms with van der Waals surface area (Å²) >= 11 is 0. The van der Waals surface area contributed by atoms with Crippen molar-refractivity contribution in [2.75, 3.05) is 64.9 Å². The number of halogens is 3. The van der Waals surface area contributed by atoms with Gasteiger partial charge in [-0.1, -0.05) is 26.0 Å². The molecule has 30 heavy (non-hydrogen) atoms. The lowest BCUT2D eigenvalue weighted by Crippen LogP contribution is -2.54. The summed E-state index contributed by atoms with van der Waals surface area (Å²) in [5, 5.41) is 0. The van der Waals surface area contributed by atoms with Crippen molar-refractivity contribution in [2.24, 2.45) is 11.1 Å². The lowest BCUT2D eigenvalue weighted by atomic mass is 9.81. The summed E-state index contributed by atoms with van der Waals surface area (Å²) in [4.78, 5) is 19.4. The van der Waals surface area contributed by atoms with Crippen LogP contribution in [0.25, 0.3) is 0 Å². The number of carbonyl (C=O) groups is 1. The van der Waals surface area contributed by atoms with E-state index in [-0.39, 0.29) is 43.1 Å². The molecule has 0 aromatic heterocycles. The van der Waals surface area contributed by atoms with Gasteiger partial charge in [-0.2, -0.15) is 0 Å². The lowest BCUT2D eigenvalue weighted by Gasteiger charge is -2.41. The maximum Gasteiger partial charge on any atom is 0.230 e. The van der Waals surface area contributed by atoms with Crippen LogP contribution in [-0.2, 0) is 4.79 Å². The van der Waals surface area contributed by atoms with Crippen molar-refractivity contribution in [3.63, 3.8) is 0 Å². The Morgan fingerprint density at radius 1 is 1.07 bits per heavy atom. The standard InChI is InChI=1S/C21H36N4O2.3ClH/c1-5-21(6-2,17-22)20(26)25-13-11-24(12-14-25)18-9-7-8-10-19(18)27-16-15-23(3)4;;;/h7-10H,5-6,11-17,22H2,1-4H3;3*1H. The molecule has 1 heterocycles. The van der Waals surface area contributed by atoms with Gasteiger partial charge in [-0.15, -0.1) is 37.2 Å². The molecule has 6 nitrogen and oxygen atoms in total. The molecule has 176 valence electrons. The molecular formula is C21H39Cl3N4O2. The molecule has 0 saturated carbocycles. The van der Waals surface area contributed by atoms with Gasteiger partial charge in [-0.05, 0) is 39.1 Å². The second-order valence-electron chi connectivity index (χ2n) is 7.59. The van der Waals surface area contributed by atoms with Crippen molar-refractivity contribution < 1.29 is 9.53 Å². The van der Waals surface area contributed by atoms with Crippen LogP contribution in [0.3, 0.4) is 0 Å². The number of hydrogen-bond acceptors (Lipinski definition) is 5. The first-order valence-corrected chi connectivity index (χ1v) is 10.1. The predicted octanol–water partition coefficient (Wildman–Crippen LogP) is 3.31. The van der Waals surface area contributed by atoms with E-state index in [0.717, 1.165) is 57.0 Å². The first kappa shape index (κ1) is 31.3. The van der Waals surface area contributed by atoms with Crippen molar-refractivity contribution in [1.29, 1.82) is 0 Å². The van der Waals surface area contributed by atoms with E-state index in [1.165, 1.54) is 0 Å². The Kier molecular flexibility index (Phi) is 15.6. The smallest absolute Gasteiger partial charge is 0.230 e. The highest BCUT2D eigenvalue weighted by Crippen LogP contribution is 2.31. The molecule has 1 aliphatic heterocycles. The first-order chi connectivity index (χ1) is 13.0. The Hall–Kier alpha value is -0.920. The fourth-order valence-corrected chi connectivity index (χ4v) is 3.59. The summed E-state index contributed by atoms with van der Waals surface area (Å²) in [5.41, 5.74) is 6.67. The predicted molar refractivity (Wildman–Crippen MR) is 133 cm³/mol. The second kappa shape index (κ2) is 15.0. The van der Waals surface area contributed by atoms with Gasteiger partial charge in [0.25, 0.3) is 0 Å². The van der Waals surface area contributed by atoms with Crippen molar-refractivity contribution in [2.45, 2.75) is 26.7 Å². The SMILES string of the molecule is CCC(CC)(CN)C(=O)N1CCN(c2ccccc2OCCN(C)C)CC1.Cl.Cl.Cl. The third kappa shape index (κ3) is 7.65. The Morgan fingerprint density at radius 3 is 2.13 bits per heavy atom. The molecule has 0 unspecified atom stereocenters. The summed E-state index contributed by atoms with van der Waals surface area (Å²) in [6.45, 7) is 9.17. The highest BCUT2D eigenvalue weighted by molar-refractivity contribution is 5.86. The van der Waals surface area contributed by atoms with E-state index in [2.05, 4.69) is 29.7 Å². The van der Waals surface area contributed by atoms with Gasteiger partial charge >= 0.3 is 0 Å². The van der Waals surface area contributed by atoms with Crippen LogP contribution in [0.1, 0.15) is 26.7 Å². The van der Waals surface area contributed by atoms with Gasteiger partial charge in [0.2, 0.25) is 5.91 Å². The first-order valence-electron chi connectivity index (χ1n) is 10.1. The maximum absolute atomic E-state index is 13.0. The summed E-state index contributed by atoms with van der Waals surface area (Å²) in [7, 11) is 4.08. The van der Waals surface area contributed by atoms with Crippen LogP contribution in [0.2, 0.25) is 0 Å². The fraction of sp³-hybridized carbons (Fsp3) is 0.667. The number of para-hydroxylation sites is 2. The normalized spacial score (nSPS) is 13.8. The molecule has 1 aromatic carbocycles. The van der Waals surface area contributed by atoms with E-state index in [4.69, 9.17) is 10.5 Å². The number of carbonyl (C=O) groups excluding carboxylic acids is 1. The number of nitrogens with two attached hydrogens (primary N) is 1. The van der Waals surface area contributed by atoms with Crippen LogP contribution in [0, 0.1) is 5.41 Å². The topological polar surface area (TPSA) is 62.0 Å². The van der Waals surface area contributed by atoms with E-state index in [0.29, 0.717) is 13.2 Å². The number of anilines is 1. The summed E-state index contributed by atoms with van der Waals surface area (Å²) in [6, 6.07) is 8.17. The third-order valence-electron chi connectivity index (χ3n) is 5.77. The summed E-state index contributed by atoms with van der Waals surface area (Å²) in [5.74, 6) is 1.13. The summed E-state index contributed by atoms with van der Waals surface area (Å²) in [6.07, 6.45) is 1.59. The number of rotatable bonds is 9. The minimum atomic E-state index is -0.407. The van der Waals surface area contributed by atoms with Crippen LogP contribution >= 0.6 is 37.2 Å². The average molecular weight is 486 g/mol. The van der Waals surface area contributed by atoms with Crippen LogP contribution in [0.15, 0.2) is 24.3 Å². The summed E-state index contributed by atoms with van der Waals surface area (Å²) < 4.78 is 6.00. The molecule has 0 radical (unpaired) electrons. The van der Waals surface area contributed by atoms with E-state index in [1.54, 1.807) is 0 Å².